The molecule has 0 atom stereocenters. The van der Waals surface area contributed by atoms with Gasteiger partial charge in [-0.15, -0.1) is 5.10 Å². The minimum Gasteiger partial charge on any atom is -0.481 e. The number of aryl methyl sites for hydroxylation is 2. The number of nitrogens with zero attached hydrogens (tertiary/aromatic N) is 4. The van der Waals surface area contributed by atoms with Gasteiger partial charge < -0.3 is 23.5 Å². The van der Waals surface area contributed by atoms with Gasteiger partial charge in [0.2, 0.25) is 11.8 Å². The highest BCUT2D eigenvalue weighted by Gasteiger charge is 2.15. The quantitative estimate of drug-likeness (QED) is 0.361. The van der Waals surface area contributed by atoms with Gasteiger partial charge in [0.1, 0.15) is 24.6 Å². The van der Waals surface area contributed by atoms with Gasteiger partial charge in [0.25, 0.3) is 5.88 Å². The number of benzene rings is 1. The Morgan fingerprint density at radius 3 is 2.79 bits per heavy atom. The molecule has 0 amide bonds. The molecular formula is C23H24N4O6. The van der Waals surface area contributed by atoms with Crippen LogP contribution in [0.3, 0.4) is 0 Å². The highest BCUT2D eigenvalue weighted by atomic mass is 16.5. The van der Waals surface area contributed by atoms with Crippen molar-refractivity contribution in [3.63, 3.8) is 0 Å². The zero-order valence-corrected chi connectivity index (χ0v) is 18.4. The first-order valence-electron chi connectivity index (χ1n) is 10.5. The van der Waals surface area contributed by atoms with E-state index in [9.17, 15) is 4.79 Å². The smallest absolute Gasteiger partial charge is 0.303 e. The Balaban J connectivity index is 1.38. The summed E-state index contributed by atoms with van der Waals surface area (Å²) in [5.74, 6) is 1.60. The first-order valence-corrected chi connectivity index (χ1v) is 10.5. The van der Waals surface area contributed by atoms with E-state index in [0.717, 1.165) is 11.1 Å². The van der Waals surface area contributed by atoms with Crippen molar-refractivity contribution in [1.82, 2.24) is 19.9 Å². The van der Waals surface area contributed by atoms with Crippen molar-refractivity contribution in [3.05, 3.63) is 65.4 Å². The van der Waals surface area contributed by atoms with Crippen molar-refractivity contribution in [3.8, 4) is 23.2 Å². The number of carbonyl (C=O) groups is 1. The number of hydrogen-bond acceptors (Lipinski definition) is 8. The number of carboxylic acids is 1. The highest BCUT2D eigenvalue weighted by molar-refractivity contribution is 5.67. The maximum atomic E-state index is 10.9. The van der Waals surface area contributed by atoms with Crippen molar-refractivity contribution in [2.45, 2.75) is 39.8 Å². The fraction of sp³-hybridized carbons (Fsp3) is 0.304. The van der Waals surface area contributed by atoms with Gasteiger partial charge in [-0.3, -0.25) is 9.48 Å². The number of aliphatic carboxylic acids is 1. The van der Waals surface area contributed by atoms with E-state index in [-0.39, 0.29) is 13.0 Å². The fourth-order valence-corrected chi connectivity index (χ4v) is 3.20. The van der Waals surface area contributed by atoms with Crippen LogP contribution in [-0.4, -0.2) is 37.6 Å². The Morgan fingerprint density at radius 2 is 2.03 bits per heavy atom. The molecular weight excluding hydrogens is 428 g/mol. The number of ether oxygens (including phenoxy) is 2. The van der Waals surface area contributed by atoms with Crippen molar-refractivity contribution < 1.29 is 28.3 Å². The van der Waals surface area contributed by atoms with Crippen LogP contribution in [-0.2, 0) is 24.4 Å². The molecule has 10 nitrogen and oxygen atoms in total. The van der Waals surface area contributed by atoms with Gasteiger partial charge in [0.15, 0.2) is 5.76 Å². The molecule has 10 heteroatoms. The second kappa shape index (κ2) is 10.0. The summed E-state index contributed by atoms with van der Waals surface area (Å²) in [6.07, 6.45) is 2.08. The van der Waals surface area contributed by atoms with Gasteiger partial charge in [-0.2, -0.15) is 0 Å². The van der Waals surface area contributed by atoms with Crippen LogP contribution >= 0.6 is 0 Å². The number of rotatable bonds is 11. The molecule has 0 aliphatic rings. The molecule has 0 radical (unpaired) electrons. The zero-order valence-electron chi connectivity index (χ0n) is 18.4. The monoisotopic (exact) mass is 452 g/mol. The third kappa shape index (κ3) is 5.59. The lowest BCUT2D eigenvalue weighted by atomic mass is 10.2. The van der Waals surface area contributed by atoms with Gasteiger partial charge in [-0.25, -0.2) is 4.98 Å². The average Bonchev–Trinajstić information content (AvgIpc) is 3.51. The van der Waals surface area contributed by atoms with Crippen LogP contribution in [0.2, 0.25) is 0 Å². The van der Waals surface area contributed by atoms with Crippen LogP contribution in [0.25, 0.3) is 11.5 Å². The summed E-state index contributed by atoms with van der Waals surface area (Å²) >= 11 is 0. The number of oxazole rings is 1. The van der Waals surface area contributed by atoms with Crippen LogP contribution in [0.4, 0.5) is 0 Å². The number of aromatic nitrogens is 4. The molecule has 33 heavy (non-hydrogen) atoms. The molecule has 1 N–H and O–H groups in total. The Kier molecular flexibility index (Phi) is 6.72. The normalized spacial score (nSPS) is 11.0. The summed E-state index contributed by atoms with van der Waals surface area (Å²) in [5, 5.41) is 17.2. The van der Waals surface area contributed by atoms with Crippen LogP contribution in [0.5, 0.6) is 11.8 Å². The lowest BCUT2D eigenvalue weighted by Gasteiger charge is -2.00. The molecule has 4 aromatic rings. The summed E-state index contributed by atoms with van der Waals surface area (Å²) in [7, 11) is 0. The molecule has 0 unspecified atom stereocenters. The lowest BCUT2D eigenvalue weighted by Crippen LogP contribution is -2.00. The van der Waals surface area contributed by atoms with E-state index < -0.39 is 5.97 Å². The molecule has 0 saturated heterocycles. The molecule has 0 spiro atoms. The second-order valence-corrected chi connectivity index (χ2v) is 7.29. The highest BCUT2D eigenvalue weighted by Crippen LogP contribution is 2.23. The largest absolute Gasteiger partial charge is 0.481 e. The molecule has 1 aromatic carbocycles. The van der Waals surface area contributed by atoms with Gasteiger partial charge in [-0.1, -0.05) is 18.2 Å². The average molecular weight is 452 g/mol. The predicted octanol–water partition coefficient (Wildman–Crippen LogP) is 3.88. The van der Waals surface area contributed by atoms with Crippen LogP contribution in [0.1, 0.15) is 36.1 Å². The second-order valence-electron chi connectivity index (χ2n) is 7.29. The Labute approximate surface area is 189 Å². The topological polar surface area (TPSA) is 126 Å². The molecule has 0 aliphatic heterocycles. The molecule has 0 aliphatic carbocycles. The minimum atomic E-state index is -0.875. The van der Waals surface area contributed by atoms with E-state index in [2.05, 4.69) is 15.2 Å². The summed E-state index contributed by atoms with van der Waals surface area (Å²) < 4.78 is 24.0. The summed E-state index contributed by atoms with van der Waals surface area (Å²) in [6, 6.07) is 11.3. The molecule has 0 bridgehead atoms. The van der Waals surface area contributed by atoms with Crippen molar-refractivity contribution in [2.75, 3.05) is 6.61 Å². The van der Waals surface area contributed by atoms with E-state index in [1.165, 1.54) is 0 Å². The third-order valence-electron chi connectivity index (χ3n) is 4.81. The van der Waals surface area contributed by atoms with Crippen LogP contribution in [0.15, 0.2) is 51.5 Å². The van der Waals surface area contributed by atoms with Crippen molar-refractivity contribution in [1.29, 1.82) is 0 Å². The summed E-state index contributed by atoms with van der Waals surface area (Å²) in [6.45, 7) is 4.60. The fourth-order valence-electron chi connectivity index (χ4n) is 3.20. The number of carboxylic acid groups (broad SMARTS) is 1. The van der Waals surface area contributed by atoms with Crippen molar-refractivity contribution in [2.24, 2.45) is 0 Å². The SMILES string of the molecule is CCOc1nn(Cc2cc(OCc3nc(-c4ccccc4)oc3C)no2)cc1CCC(=O)O. The van der Waals surface area contributed by atoms with E-state index in [1.807, 2.05) is 44.2 Å². The lowest BCUT2D eigenvalue weighted by molar-refractivity contribution is -0.136. The Hall–Kier alpha value is -4.08. The first kappa shape index (κ1) is 22.1. The van der Waals surface area contributed by atoms with Crippen molar-refractivity contribution >= 4 is 5.97 Å². The molecule has 172 valence electrons. The van der Waals surface area contributed by atoms with Crippen LogP contribution < -0.4 is 9.47 Å². The molecule has 0 fully saturated rings. The van der Waals surface area contributed by atoms with E-state index in [0.29, 0.717) is 54.4 Å². The van der Waals surface area contributed by atoms with Gasteiger partial charge >= 0.3 is 5.97 Å². The molecule has 0 saturated carbocycles. The predicted molar refractivity (Wildman–Crippen MR) is 116 cm³/mol. The maximum Gasteiger partial charge on any atom is 0.303 e. The van der Waals surface area contributed by atoms with E-state index in [1.54, 1.807) is 16.9 Å². The summed E-state index contributed by atoms with van der Waals surface area (Å²) in [5.41, 5.74) is 2.30. The maximum absolute atomic E-state index is 10.9. The summed E-state index contributed by atoms with van der Waals surface area (Å²) in [4.78, 5) is 15.4. The Bertz CT molecular complexity index is 1210. The Morgan fingerprint density at radius 1 is 1.21 bits per heavy atom. The third-order valence-corrected chi connectivity index (χ3v) is 4.81. The minimum absolute atomic E-state index is 0.000482. The molecule has 4 rings (SSSR count). The van der Waals surface area contributed by atoms with Gasteiger partial charge in [0, 0.05) is 29.8 Å². The first-order chi connectivity index (χ1) is 16.0. The van der Waals surface area contributed by atoms with Gasteiger partial charge in [-0.05, 0) is 37.6 Å². The van der Waals surface area contributed by atoms with E-state index >= 15 is 0 Å². The molecule has 3 heterocycles. The molecule has 3 aromatic heterocycles. The standard InChI is InChI=1S/C23H24N4O6/c1-3-30-23-17(9-10-21(28)29)12-27(25-23)13-18-11-20(26-33-18)31-14-19-15(2)32-22(24-19)16-7-5-4-6-8-16/h4-8,11-12H,3,9-10,13-14H2,1-2H3,(H,28,29). The number of hydrogen-bond donors (Lipinski definition) is 1. The van der Waals surface area contributed by atoms with Crippen LogP contribution in [0, 0.1) is 6.92 Å². The van der Waals surface area contributed by atoms with Gasteiger partial charge in [0.05, 0.1) is 6.61 Å². The zero-order chi connectivity index (χ0) is 23.2. The van der Waals surface area contributed by atoms with E-state index in [4.69, 9.17) is 23.5 Å².